The van der Waals surface area contributed by atoms with Gasteiger partial charge < -0.3 is 24.7 Å². The molecular weight excluding hydrogens is 414 g/mol. The number of hydrogen-bond donors (Lipinski definition) is 4. The average Bonchev–Trinajstić information content (AvgIpc) is 3.18. The Morgan fingerprint density at radius 1 is 1.27 bits per heavy atom. The minimum atomic E-state index is -1.55. The summed E-state index contributed by atoms with van der Waals surface area (Å²) in [4.78, 5) is 41.5. The van der Waals surface area contributed by atoms with Crippen LogP contribution in [0, 0.1) is 0 Å². The van der Waals surface area contributed by atoms with Crippen LogP contribution in [0.1, 0.15) is 16.1 Å². The molecule has 0 saturated carbocycles. The Balaban J connectivity index is 1.70. The Bertz CT molecular complexity index is 1140. The maximum absolute atomic E-state index is 12.1. The van der Waals surface area contributed by atoms with Gasteiger partial charge in [0.2, 0.25) is 5.75 Å². The van der Waals surface area contributed by atoms with E-state index >= 15 is 0 Å². The largest absolute Gasteiger partial charge is 0.501 e. The van der Waals surface area contributed by atoms with Crippen molar-refractivity contribution < 1.29 is 29.3 Å². The molecule has 10 nitrogen and oxygen atoms in total. The van der Waals surface area contributed by atoms with Gasteiger partial charge in [0.05, 0.1) is 24.3 Å². The predicted molar refractivity (Wildman–Crippen MR) is 108 cm³/mol. The molecule has 0 unspecified atom stereocenters. The first-order valence-electron chi connectivity index (χ1n) is 8.60. The van der Waals surface area contributed by atoms with Crippen LogP contribution in [-0.4, -0.2) is 46.0 Å². The number of benzene rings is 1. The summed E-state index contributed by atoms with van der Waals surface area (Å²) >= 11 is 1.11. The molecule has 156 valence electrons. The number of nitrogens with one attached hydrogen (secondary N) is 2. The molecular formula is C19H17N3O7S. The average molecular weight is 431 g/mol. The zero-order valence-electron chi connectivity index (χ0n) is 15.7. The number of H-pyrrole nitrogens is 1. The molecule has 0 aliphatic rings. The first kappa shape index (κ1) is 20.9. The van der Waals surface area contributed by atoms with E-state index in [1.807, 2.05) is 24.3 Å². The molecule has 1 aromatic carbocycles. The fourth-order valence-electron chi connectivity index (χ4n) is 2.62. The lowest BCUT2D eigenvalue weighted by Gasteiger charge is -2.10. The first-order chi connectivity index (χ1) is 14.4. The minimum absolute atomic E-state index is 0.100. The van der Waals surface area contributed by atoms with Crippen molar-refractivity contribution in [3.8, 4) is 22.2 Å². The predicted octanol–water partition coefficient (Wildman–Crippen LogP) is 2.70. The molecule has 0 radical (unpaired) electrons. The number of rotatable bonds is 7. The van der Waals surface area contributed by atoms with Gasteiger partial charge in [0.25, 0.3) is 5.56 Å². The maximum Gasteiger partial charge on any atom is 0.411 e. The summed E-state index contributed by atoms with van der Waals surface area (Å²) in [6.07, 6.45) is -0.285. The summed E-state index contributed by atoms with van der Waals surface area (Å²) in [6, 6.07) is 8.92. The number of aromatic amines is 1. The van der Waals surface area contributed by atoms with E-state index in [-0.39, 0.29) is 18.1 Å². The summed E-state index contributed by atoms with van der Waals surface area (Å²) in [5.41, 5.74) is -0.632. The van der Waals surface area contributed by atoms with E-state index in [1.165, 1.54) is 0 Å². The third-order valence-electron chi connectivity index (χ3n) is 4.01. The number of amides is 1. The number of carboxylic acids is 1. The van der Waals surface area contributed by atoms with E-state index in [0.717, 1.165) is 16.9 Å². The molecule has 0 aliphatic carbocycles. The van der Waals surface area contributed by atoms with E-state index < -0.39 is 29.1 Å². The van der Waals surface area contributed by atoms with Gasteiger partial charge in [-0.3, -0.25) is 10.1 Å². The number of para-hydroxylation sites is 1. The van der Waals surface area contributed by atoms with Gasteiger partial charge in [0.15, 0.2) is 11.5 Å². The number of thiophene rings is 1. The van der Waals surface area contributed by atoms with Crippen LogP contribution < -0.4 is 15.6 Å². The maximum atomic E-state index is 12.1. The van der Waals surface area contributed by atoms with Gasteiger partial charge >= 0.3 is 12.1 Å². The summed E-state index contributed by atoms with van der Waals surface area (Å²) in [7, 11) is 1.56. The smallest absolute Gasteiger partial charge is 0.411 e. The number of aromatic hydroxyl groups is 1. The number of carbonyl (C=O) groups is 2. The Morgan fingerprint density at radius 2 is 2.03 bits per heavy atom. The molecule has 3 rings (SSSR count). The van der Waals surface area contributed by atoms with Crippen molar-refractivity contribution in [1.82, 2.24) is 9.97 Å². The van der Waals surface area contributed by atoms with E-state index in [9.17, 15) is 19.5 Å². The number of methoxy groups -OCH3 is 1. The standard InChI is InChI=1S/C19H17N3O7S/c1-28-12-5-3-2-4-10(12)6-8-29-19(27)20-11-7-9-30-15(11)16-21-13(18(25)26)14(23)17(24)22-16/h2-5,7,9,23H,6,8H2,1H3,(H,20,27)(H,25,26)(H,21,22,24). The monoisotopic (exact) mass is 431 g/mol. The number of carboxylic acid groups (broad SMARTS) is 1. The normalized spacial score (nSPS) is 10.4. The van der Waals surface area contributed by atoms with E-state index in [4.69, 9.17) is 14.6 Å². The van der Waals surface area contributed by atoms with Crippen molar-refractivity contribution in [2.75, 3.05) is 19.0 Å². The quantitative estimate of drug-likeness (QED) is 0.446. The lowest BCUT2D eigenvalue weighted by Crippen LogP contribution is -2.17. The van der Waals surface area contributed by atoms with Crippen LogP contribution in [0.4, 0.5) is 10.5 Å². The number of anilines is 1. The molecule has 0 atom stereocenters. The van der Waals surface area contributed by atoms with Crippen LogP contribution in [0.5, 0.6) is 11.5 Å². The van der Waals surface area contributed by atoms with Crippen LogP contribution >= 0.6 is 11.3 Å². The molecule has 30 heavy (non-hydrogen) atoms. The molecule has 3 aromatic rings. The highest BCUT2D eigenvalue weighted by atomic mass is 32.1. The highest BCUT2D eigenvalue weighted by Gasteiger charge is 2.20. The first-order valence-corrected chi connectivity index (χ1v) is 9.48. The van der Waals surface area contributed by atoms with Gasteiger partial charge in [-0.25, -0.2) is 14.6 Å². The summed E-state index contributed by atoms with van der Waals surface area (Å²) < 4.78 is 10.4. The van der Waals surface area contributed by atoms with Gasteiger partial charge in [-0.1, -0.05) is 18.2 Å². The Kier molecular flexibility index (Phi) is 6.32. The van der Waals surface area contributed by atoms with Crippen LogP contribution in [-0.2, 0) is 11.2 Å². The fourth-order valence-corrected chi connectivity index (χ4v) is 3.42. The number of nitrogens with zero attached hydrogens (tertiary/aromatic N) is 1. The van der Waals surface area contributed by atoms with E-state index in [1.54, 1.807) is 18.6 Å². The number of ether oxygens (including phenoxy) is 2. The third kappa shape index (κ3) is 4.58. The van der Waals surface area contributed by atoms with Crippen molar-refractivity contribution in [3.63, 3.8) is 0 Å². The Morgan fingerprint density at radius 3 is 2.77 bits per heavy atom. The van der Waals surface area contributed by atoms with Gasteiger partial charge in [0, 0.05) is 6.42 Å². The number of aromatic carboxylic acids is 1. The zero-order valence-corrected chi connectivity index (χ0v) is 16.5. The molecule has 0 bridgehead atoms. The minimum Gasteiger partial charge on any atom is -0.501 e. The highest BCUT2D eigenvalue weighted by Crippen LogP contribution is 2.31. The van der Waals surface area contributed by atoms with Gasteiger partial charge in [-0.05, 0) is 23.1 Å². The molecule has 0 saturated heterocycles. The SMILES string of the molecule is COc1ccccc1CCOC(=O)Nc1ccsc1-c1nc(C(=O)O)c(O)c(=O)[nH]1. The molecule has 11 heteroatoms. The molecule has 0 aliphatic heterocycles. The fraction of sp³-hybridized carbons (Fsp3) is 0.158. The van der Waals surface area contributed by atoms with Crippen molar-refractivity contribution in [2.45, 2.75) is 6.42 Å². The summed E-state index contributed by atoms with van der Waals surface area (Å²) in [6.45, 7) is 0.100. The topological polar surface area (TPSA) is 151 Å². The molecule has 0 spiro atoms. The second-order valence-electron chi connectivity index (χ2n) is 5.90. The van der Waals surface area contributed by atoms with Crippen LogP contribution in [0.15, 0.2) is 40.5 Å². The van der Waals surface area contributed by atoms with Crippen molar-refractivity contribution >= 4 is 29.1 Å². The lowest BCUT2D eigenvalue weighted by molar-refractivity contribution is 0.0686. The van der Waals surface area contributed by atoms with Gasteiger partial charge in [0.1, 0.15) is 5.75 Å². The van der Waals surface area contributed by atoms with E-state index in [2.05, 4.69) is 15.3 Å². The van der Waals surface area contributed by atoms with Crippen LogP contribution in [0.2, 0.25) is 0 Å². The van der Waals surface area contributed by atoms with Gasteiger partial charge in [-0.15, -0.1) is 11.3 Å². The number of hydrogen-bond acceptors (Lipinski definition) is 8. The Hall–Kier alpha value is -3.86. The molecule has 2 aromatic heterocycles. The van der Waals surface area contributed by atoms with Crippen molar-refractivity contribution in [1.29, 1.82) is 0 Å². The second kappa shape index (κ2) is 9.09. The van der Waals surface area contributed by atoms with Crippen LogP contribution in [0.3, 0.4) is 0 Å². The zero-order chi connectivity index (χ0) is 21.7. The Labute approximate surface area is 173 Å². The third-order valence-corrected chi connectivity index (χ3v) is 4.93. The van der Waals surface area contributed by atoms with Gasteiger partial charge in [-0.2, -0.15) is 0 Å². The lowest BCUT2D eigenvalue weighted by atomic mass is 10.1. The molecule has 1 amide bonds. The van der Waals surface area contributed by atoms with Crippen LogP contribution in [0.25, 0.3) is 10.7 Å². The van der Waals surface area contributed by atoms with E-state index in [0.29, 0.717) is 17.0 Å². The second-order valence-corrected chi connectivity index (χ2v) is 6.82. The highest BCUT2D eigenvalue weighted by molar-refractivity contribution is 7.14. The van der Waals surface area contributed by atoms with Crippen molar-refractivity contribution in [2.24, 2.45) is 0 Å². The molecule has 4 N–H and O–H groups in total. The summed E-state index contributed by atoms with van der Waals surface area (Å²) in [5, 5.41) is 22.8. The van der Waals surface area contributed by atoms with Crippen molar-refractivity contribution in [3.05, 3.63) is 57.3 Å². The number of aromatic nitrogens is 2. The number of carbonyl (C=O) groups excluding carboxylic acids is 1. The molecule has 0 fully saturated rings. The molecule has 2 heterocycles. The summed E-state index contributed by atoms with van der Waals surface area (Å²) in [5.74, 6) is -1.96.